The van der Waals surface area contributed by atoms with Crippen LogP contribution >= 0.6 is 0 Å². The van der Waals surface area contributed by atoms with Crippen LogP contribution in [0.5, 0.6) is 0 Å². The normalized spacial score (nSPS) is 10.9. The average molecular weight is 292 g/mol. The van der Waals surface area contributed by atoms with Crippen LogP contribution in [0, 0.1) is 0 Å². The van der Waals surface area contributed by atoms with E-state index in [0.717, 1.165) is 11.1 Å². The second kappa shape index (κ2) is 7.99. The number of carbonyl (C=O) groups is 1. The molecule has 0 spiro atoms. The predicted octanol–water partition coefficient (Wildman–Crippen LogP) is 4.89. The minimum absolute atomic E-state index is 0.105. The van der Waals surface area contributed by atoms with Gasteiger partial charge in [-0.25, -0.2) is 0 Å². The van der Waals surface area contributed by atoms with E-state index >= 15 is 0 Å². The van der Waals surface area contributed by atoms with E-state index < -0.39 is 0 Å². The lowest BCUT2D eigenvalue weighted by atomic mass is 10.1. The highest BCUT2D eigenvalue weighted by Gasteiger charge is 2.13. The Morgan fingerprint density at radius 2 is 1.55 bits per heavy atom. The summed E-state index contributed by atoms with van der Waals surface area (Å²) in [6.07, 6.45) is 3.74. The summed E-state index contributed by atoms with van der Waals surface area (Å²) >= 11 is 0. The fourth-order valence-electron chi connectivity index (χ4n) is 1.90. The number of benzene rings is 2. The zero-order valence-electron chi connectivity index (χ0n) is 13.0. The second-order valence-corrected chi connectivity index (χ2v) is 5.21. The van der Waals surface area contributed by atoms with Crippen molar-refractivity contribution in [3.63, 3.8) is 0 Å². The summed E-state index contributed by atoms with van der Waals surface area (Å²) in [7, 11) is 0. The monoisotopic (exact) mass is 292 g/mol. The lowest BCUT2D eigenvalue weighted by molar-refractivity contribution is 0.0940. The maximum Gasteiger partial charge on any atom is 0.227 e. The molecule has 0 aromatic heterocycles. The molecule has 0 N–H and O–H groups in total. The third-order valence-corrected chi connectivity index (χ3v) is 3.09. The highest BCUT2D eigenvalue weighted by Crippen LogP contribution is 2.14. The molecule has 0 fully saturated rings. The van der Waals surface area contributed by atoms with Crippen molar-refractivity contribution in [3.8, 4) is 0 Å². The molecule has 0 aliphatic heterocycles. The number of hydrogen-bond acceptors (Lipinski definition) is 2. The Kier molecular flexibility index (Phi) is 5.73. The first-order valence-electron chi connectivity index (χ1n) is 7.29. The van der Waals surface area contributed by atoms with E-state index in [2.05, 4.69) is 0 Å². The lowest BCUT2D eigenvalue weighted by Gasteiger charge is -2.09. The Bertz CT molecular complexity index is 663. The molecule has 2 rings (SSSR count). The van der Waals surface area contributed by atoms with Crippen molar-refractivity contribution in [2.45, 2.75) is 13.8 Å². The Hall–Kier alpha value is -2.61. The van der Waals surface area contributed by atoms with Crippen LogP contribution in [0.3, 0.4) is 0 Å². The predicted molar refractivity (Wildman–Crippen MR) is 90.6 cm³/mol. The van der Waals surface area contributed by atoms with E-state index in [-0.39, 0.29) is 5.78 Å². The molecule has 112 valence electrons. The molecule has 2 nitrogen and oxygen atoms in total. The van der Waals surface area contributed by atoms with Crippen molar-refractivity contribution in [1.29, 1.82) is 0 Å². The maximum atomic E-state index is 12.6. The van der Waals surface area contributed by atoms with Gasteiger partial charge in [0.05, 0.1) is 0 Å². The molecule has 22 heavy (non-hydrogen) atoms. The van der Waals surface area contributed by atoms with Crippen molar-refractivity contribution in [2.24, 2.45) is 0 Å². The molecule has 0 aliphatic rings. The number of hydrogen-bond donors (Lipinski definition) is 0. The van der Waals surface area contributed by atoms with Crippen LogP contribution in [-0.4, -0.2) is 12.4 Å². The van der Waals surface area contributed by atoms with Gasteiger partial charge in [-0.3, -0.25) is 4.79 Å². The Labute approximate surface area is 131 Å². The first-order chi connectivity index (χ1) is 10.7. The van der Waals surface area contributed by atoms with Gasteiger partial charge in [0.25, 0.3) is 0 Å². The molecule has 2 aromatic rings. The zero-order valence-corrected chi connectivity index (χ0v) is 13.0. The van der Waals surface area contributed by atoms with Gasteiger partial charge in [0.2, 0.25) is 5.78 Å². The molecule has 0 aliphatic carbocycles. The average Bonchev–Trinajstić information content (AvgIpc) is 2.55. The van der Waals surface area contributed by atoms with Crippen molar-refractivity contribution < 1.29 is 9.53 Å². The van der Waals surface area contributed by atoms with E-state index in [1.165, 1.54) is 0 Å². The Morgan fingerprint density at radius 3 is 2.14 bits per heavy atom. The SMILES string of the molecule is CC(C)=CCO/C(=C\c1ccccc1)C(=O)c1ccccc1. The summed E-state index contributed by atoms with van der Waals surface area (Å²) < 4.78 is 5.71. The minimum Gasteiger partial charge on any atom is -0.485 e. The maximum absolute atomic E-state index is 12.6. The van der Waals surface area contributed by atoms with Gasteiger partial charge in [-0.1, -0.05) is 66.2 Å². The van der Waals surface area contributed by atoms with Gasteiger partial charge in [0.15, 0.2) is 5.76 Å². The number of ketones is 1. The van der Waals surface area contributed by atoms with Crippen LogP contribution in [0.1, 0.15) is 29.8 Å². The van der Waals surface area contributed by atoms with Gasteiger partial charge in [0, 0.05) is 5.56 Å². The molecule has 0 saturated carbocycles. The largest absolute Gasteiger partial charge is 0.485 e. The van der Waals surface area contributed by atoms with Gasteiger partial charge < -0.3 is 4.74 Å². The summed E-state index contributed by atoms with van der Waals surface area (Å²) in [5, 5.41) is 0. The highest BCUT2D eigenvalue weighted by molar-refractivity contribution is 6.09. The van der Waals surface area contributed by atoms with E-state index in [0.29, 0.717) is 17.9 Å². The van der Waals surface area contributed by atoms with E-state index in [4.69, 9.17) is 4.74 Å². The van der Waals surface area contributed by atoms with Crippen LogP contribution in [0.15, 0.2) is 78.1 Å². The molecule has 2 heteroatoms. The summed E-state index contributed by atoms with van der Waals surface area (Å²) in [5.74, 6) is 0.251. The number of Topliss-reactive ketones (excluding diaryl/α,β-unsaturated/α-hetero) is 1. The third kappa shape index (κ3) is 4.74. The molecule has 2 aromatic carbocycles. The van der Waals surface area contributed by atoms with Crippen LogP contribution < -0.4 is 0 Å². The Morgan fingerprint density at radius 1 is 0.955 bits per heavy atom. The molecular weight excluding hydrogens is 272 g/mol. The summed E-state index contributed by atoms with van der Waals surface area (Å²) in [4.78, 5) is 12.6. The first-order valence-corrected chi connectivity index (χ1v) is 7.29. The van der Waals surface area contributed by atoms with E-state index in [1.54, 1.807) is 18.2 Å². The zero-order chi connectivity index (χ0) is 15.8. The minimum atomic E-state index is -0.105. The van der Waals surface area contributed by atoms with Crippen LogP contribution in [-0.2, 0) is 4.74 Å². The number of carbonyl (C=O) groups excluding carboxylic acids is 1. The summed E-state index contributed by atoms with van der Waals surface area (Å²) in [6.45, 7) is 4.39. The highest BCUT2D eigenvalue weighted by atomic mass is 16.5. The third-order valence-electron chi connectivity index (χ3n) is 3.09. The van der Waals surface area contributed by atoms with Gasteiger partial charge >= 0.3 is 0 Å². The second-order valence-electron chi connectivity index (χ2n) is 5.21. The molecule has 0 atom stereocenters. The Balaban J connectivity index is 2.27. The van der Waals surface area contributed by atoms with Gasteiger partial charge in [-0.05, 0) is 31.6 Å². The number of rotatable bonds is 6. The lowest BCUT2D eigenvalue weighted by Crippen LogP contribution is -2.07. The van der Waals surface area contributed by atoms with Gasteiger partial charge in [-0.15, -0.1) is 0 Å². The number of allylic oxidation sites excluding steroid dienone is 2. The van der Waals surface area contributed by atoms with Crippen molar-refractivity contribution in [1.82, 2.24) is 0 Å². The van der Waals surface area contributed by atoms with Crippen LogP contribution in [0.25, 0.3) is 6.08 Å². The fourth-order valence-corrected chi connectivity index (χ4v) is 1.90. The van der Waals surface area contributed by atoms with Crippen LogP contribution in [0.2, 0.25) is 0 Å². The van der Waals surface area contributed by atoms with Crippen molar-refractivity contribution in [2.75, 3.05) is 6.61 Å². The standard InChI is InChI=1S/C20H20O2/c1-16(2)13-14-22-19(15-17-9-5-3-6-10-17)20(21)18-11-7-4-8-12-18/h3-13,15H,14H2,1-2H3/b19-15-. The molecule has 0 unspecified atom stereocenters. The number of ether oxygens (including phenoxy) is 1. The van der Waals surface area contributed by atoms with Crippen molar-refractivity contribution >= 4 is 11.9 Å². The van der Waals surface area contributed by atoms with Gasteiger partial charge in [-0.2, -0.15) is 0 Å². The van der Waals surface area contributed by atoms with E-state index in [1.807, 2.05) is 68.5 Å². The van der Waals surface area contributed by atoms with Crippen molar-refractivity contribution in [3.05, 3.63) is 89.2 Å². The molecule has 0 bridgehead atoms. The van der Waals surface area contributed by atoms with E-state index in [9.17, 15) is 4.79 Å². The fraction of sp³-hybridized carbons (Fsp3) is 0.150. The summed E-state index contributed by atoms with van der Waals surface area (Å²) in [5.41, 5.74) is 2.73. The smallest absolute Gasteiger partial charge is 0.227 e. The molecular formula is C20H20O2. The molecule has 0 heterocycles. The molecule has 0 amide bonds. The molecule has 0 saturated heterocycles. The quantitative estimate of drug-likeness (QED) is 0.328. The molecule has 0 radical (unpaired) electrons. The first kappa shape index (κ1) is 15.8. The topological polar surface area (TPSA) is 26.3 Å². The van der Waals surface area contributed by atoms with Crippen LogP contribution in [0.4, 0.5) is 0 Å². The van der Waals surface area contributed by atoms with Gasteiger partial charge in [0.1, 0.15) is 6.61 Å². The summed E-state index contributed by atoms with van der Waals surface area (Å²) in [6, 6.07) is 18.9.